The van der Waals surface area contributed by atoms with E-state index in [-0.39, 0.29) is 22.0 Å². The molecule has 0 radical (unpaired) electrons. The van der Waals surface area contributed by atoms with Crippen LogP contribution in [-0.2, 0) is 11.0 Å². The minimum absolute atomic E-state index is 0.0740. The van der Waals surface area contributed by atoms with E-state index in [1.54, 1.807) is 6.07 Å². The third kappa shape index (κ3) is 5.15. The highest BCUT2D eigenvalue weighted by molar-refractivity contribution is 6.36. The van der Waals surface area contributed by atoms with Crippen LogP contribution >= 0.6 is 23.2 Å². The minimum atomic E-state index is -4.50. The minimum Gasteiger partial charge on any atom is -0.360 e. The molecule has 1 amide bonds. The number of carbonyl (C=O) groups excluding carboxylic acids is 1. The lowest BCUT2D eigenvalue weighted by molar-refractivity contribution is -0.137. The quantitative estimate of drug-likeness (QED) is 0.529. The number of benzene rings is 2. The van der Waals surface area contributed by atoms with Gasteiger partial charge < -0.3 is 10.6 Å². The Labute approximate surface area is 156 Å². The van der Waals surface area contributed by atoms with Gasteiger partial charge in [-0.3, -0.25) is 4.79 Å². The lowest BCUT2D eigenvalue weighted by atomic mass is 10.2. The summed E-state index contributed by atoms with van der Waals surface area (Å²) in [5, 5.41) is 14.6. The summed E-state index contributed by atoms with van der Waals surface area (Å²) in [5.74, 6) is -0.781. The Morgan fingerprint density at radius 1 is 1.15 bits per heavy atom. The normalized spacial score (nSPS) is 11.6. The first-order valence-corrected chi connectivity index (χ1v) is 7.77. The lowest BCUT2D eigenvalue weighted by Gasteiger charge is -2.09. The van der Waals surface area contributed by atoms with E-state index in [1.165, 1.54) is 30.3 Å². The molecule has 9 heteroatoms. The van der Waals surface area contributed by atoms with Gasteiger partial charge in [0.25, 0.3) is 5.91 Å². The molecule has 0 spiro atoms. The molecule has 2 N–H and O–H groups in total. The van der Waals surface area contributed by atoms with Crippen LogP contribution < -0.4 is 10.6 Å². The third-order valence-electron chi connectivity index (χ3n) is 3.12. The highest BCUT2D eigenvalue weighted by Crippen LogP contribution is 2.30. The Kier molecular flexibility index (Phi) is 6.14. The second kappa shape index (κ2) is 8.13. The van der Waals surface area contributed by atoms with E-state index < -0.39 is 17.6 Å². The van der Waals surface area contributed by atoms with Crippen LogP contribution in [0.15, 0.2) is 54.2 Å². The number of amides is 1. The molecular formula is C17H10Cl2F3N3O. The molecule has 2 rings (SSSR count). The van der Waals surface area contributed by atoms with Gasteiger partial charge in [0.15, 0.2) is 0 Å². The van der Waals surface area contributed by atoms with Crippen LogP contribution in [0, 0.1) is 11.3 Å². The van der Waals surface area contributed by atoms with Crippen molar-refractivity contribution in [1.82, 2.24) is 0 Å². The van der Waals surface area contributed by atoms with Crippen LogP contribution in [0.3, 0.4) is 0 Å². The number of alkyl halides is 3. The fourth-order valence-corrected chi connectivity index (χ4v) is 2.33. The number of anilines is 2. The number of nitrogens with zero attached hydrogens (tertiary/aromatic N) is 1. The average molecular weight is 400 g/mol. The maximum atomic E-state index is 12.7. The smallest absolute Gasteiger partial charge is 0.360 e. The van der Waals surface area contributed by atoms with E-state index >= 15 is 0 Å². The fourth-order valence-electron chi connectivity index (χ4n) is 1.87. The summed E-state index contributed by atoms with van der Waals surface area (Å²) in [6.45, 7) is 0. The number of nitrogens with one attached hydrogen (secondary N) is 2. The molecule has 0 bridgehead atoms. The standard InChI is InChI=1S/C17H10Cl2F3N3O/c18-12-4-5-15(14(19)7-12)25-16(26)10(8-23)9-24-13-3-1-2-11(6-13)17(20,21)22/h1-7,9,24H,(H,25,26)/b10-9-. The second-order valence-corrected chi connectivity index (χ2v) is 5.81. The summed E-state index contributed by atoms with van der Waals surface area (Å²) >= 11 is 11.7. The Morgan fingerprint density at radius 2 is 1.88 bits per heavy atom. The highest BCUT2D eigenvalue weighted by atomic mass is 35.5. The van der Waals surface area contributed by atoms with Crippen LogP contribution in [0.2, 0.25) is 10.0 Å². The first-order chi connectivity index (χ1) is 12.2. The first kappa shape index (κ1) is 19.6. The van der Waals surface area contributed by atoms with Gasteiger partial charge in [-0.15, -0.1) is 0 Å². The SMILES string of the molecule is N#C/C(=C/Nc1cccc(C(F)(F)F)c1)C(=O)Nc1ccc(Cl)cc1Cl. The second-order valence-electron chi connectivity index (χ2n) is 4.97. The third-order valence-corrected chi connectivity index (χ3v) is 3.67. The molecule has 0 aliphatic rings. The van der Waals surface area contributed by atoms with Gasteiger partial charge in [-0.05, 0) is 36.4 Å². The predicted molar refractivity (Wildman–Crippen MR) is 93.9 cm³/mol. The molecule has 134 valence electrons. The van der Waals surface area contributed by atoms with Gasteiger partial charge in [0.05, 0.1) is 16.3 Å². The summed E-state index contributed by atoms with van der Waals surface area (Å²) in [7, 11) is 0. The van der Waals surface area contributed by atoms with E-state index in [4.69, 9.17) is 28.5 Å². The van der Waals surface area contributed by atoms with Crippen LogP contribution in [0.5, 0.6) is 0 Å². The summed E-state index contributed by atoms with van der Waals surface area (Å²) in [6, 6.07) is 10.4. The largest absolute Gasteiger partial charge is 0.416 e. The molecule has 0 saturated heterocycles. The molecule has 0 heterocycles. The number of halogens is 5. The molecule has 0 fully saturated rings. The predicted octanol–water partition coefficient (Wildman–Crippen LogP) is 5.47. The first-order valence-electron chi connectivity index (χ1n) is 7.01. The van der Waals surface area contributed by atoms with Gasteiger partial charge in [-0.2, -0.15) is 18.4 Å². The summed E-state index contributed by atoms with van der Waals surface area (Å²) in [5.41, 5.74) is -0.897. The maximum absolute atomic E-state index is 12.7. The van der Waals surface area contributed by atoms with Crippen LogP contribution in [0.1, 0.15) is 5.56 Å². The van der Waals surface area contributed by atoms with Crippen LogP contribution in [-0.4, -0.2) is 5.91 Å². The zero-order valence-corrected chi connectivity index (χ0v) is 14.4. The van der Waals surface area contributed by atoms with Crippen LogP contribution in [0.25, 0.3) is 0 Å². The van der Waals surface area contributed by atoms with Crippen molar-refractivity contribution in [3.05, 3.63) is 69.8 Å². The fraction of sp³-hybridized carbons (Fsp3) is 0.0588. The number of hydrogen-bond donors (Lipinski definition) is 2. The topological polar surface area (TPSA) is 64.9 Å². The van der Waals surface area contributed by atoms with Crippen molar-refractivity contribution in [2.75, 3.05) is 10.6 Å². The Bertz CT molecular complexity index is 905. The molecule has 2 aromatic carbocycles. The summed E-state index contributed by atoms with van der Waals surface area (Å²) in [4.78, 5) is 12.1. The van der Waals surface area contributed by atoms with Crippen molar-refractivity contribution in [3.8, 4) is 6.07 Å². The molecule has 0 aliphatic carbocycles. The number of carbonyl (C=O) groups is 1. The summed E-state index contributed by atoms with van der Waals surface area (Å²) < 4.78 is 38.1. The van der Waals surface area contributed by atoms with E-state index in [9.17, 15) is 18.0 Å². The molecule has 0 aliphatic heterocycles. The van der Waals surface area contributed by atoms with Gasteiger partial charge in [-0.1, -0.05) is 29.3 Å². The highest BCUT2D eigenvalue weighted by Gasteiger charge is 2.30. The molecule has 0 saturated carbocycles. The molecule has 0 atom stereocenters. The Morgan fingerprint density at radius 3 is 2.50 bits per heavy atom. The van der Waals surface area contributed by atoms with E-state index in [0.29, 0.717) is 5.02 Å². The van der Waals surface area contributed by atoms with Crippen molar-refractivity contribution < 1.29 is 18.0 Å². The number of rotatable bonds is 4. The van der Waals surface area contributed by atoms with Gasteiger partial charge in [0.2, 0.25) is 0 Å². The van der Waals surface area contributed by atoms with Gasteiger partial charge in [-0.25, -0.2) is 0 Å². The molecule has 26 heavy (non-hydrogen) atoms. The maximum Gasteiger partial charge on any atom is 0.416 e. The van der Waals surface area contributed by atoms with Crippen molar-refractivity contribution in [1.29, 1.82) is 5.26 Å². The lowest BCUT2D eigenvalue weighted by Crippen LogP contribution is -2.15. The van der Waals surface area contributed by atoms with Crippen molar-refractivity contribution in [3.63, 3.8) is 0 Å². The van der Waals surface area contributed by atoms with Crippen molar-refractivity contribution in [2.45, 2.75) is 6.18 Å². The average Bonchev–Trinajstić information content (AvgIpc) is 2.57. The van der Waals surface area contributed by atoms with Crippen molar-refractivity contribution in [2.24, 2.45) is 0 Å². The van der Waals surface area contributed by atoms with Gasteiger partial charge in [0, 0.05) is 16.9 Å². The molecule has 0 unspecified atom stereocenters. The molecule has 2 aromatic rings. The molecular weight excluding hydrogens is 390 g/mol. The van der Waals surface area contributed by atoms with Crippen LogP contribution in [0.4, 0.5) is 24.5 Å². The van der Waals surface area contributed by atoms with Gasteiger partial charge >= 0.3 is 6.18 Å². The van der Waals surface area contributed by atoms with Crippen molar-refractivity contribution >= 4 is 40.5 Å². The molecule has 4 nitrogen and oxygen atoms in total. The number of nitriles is 1. The van der Waals surface area contributed by atoms with E-state index in [1.807, 2.05) is 0 Å². The van der Waals surface area contributed by atoms with Gasteiger partial charge in [0.1, 0.15) is 11.6 Å². The Balaban J connectivity index is 2.15. The zero-order valence-electron chi connectivity index (χ0n) is 12.9. The molecule has 0 aromatic heterocycles. The summed E-state index contributed by atoms with van der Waals surface area (Å²) in [6.07, 6.45) is -3.49. The van der Waals surface area contributed by atoms with E-state index in [0.717, 1.165) is 18.3 Å². The number of hydrogen-bond acceptors (Lipinski definition) is 3. The monoisotopic (exact) mass is 399 g/mol. The van der Waals surface area contributed by atoms with E-state index in [2.05, 4.69) is 10.6 Å². The Hall–Kier alpha value is -2.69. The zero-order chi connectivity index (χ0) is 19.3.